The summed E-state index contributed by atoms with van der Waals surface area (Å²) in [6, 6.07) is 0. The molecular weight excluding hydrogens is 320 g/mol. The minimum atomic E-state index is -1.74. The van der Waals surface area contributed by atoms with Crippen LogP contribution in [0.4, 0.5) is 0 Å². The van der Waals surface area contributed by atoms with Gasteiger partial charge in [-0.3, -0.25) is 0 Å². The molecule has 2 aliphatic rings. The van der Waals surface area contributed by atoms with Gasteiger partial charge >= 0.3 is 0 Å². The van der Waals surface area contributed by atoms with Gasteiger partial charge in [-0.25, -0.2) is 0 Å². The summed E-state index contributed by atoms with van der Waals surface area (Å²) in [6.07, 6.45) is -15.6. The lowest BCUT2D eigenvalue weighted by Gasteiger charge is -2.45. The maximum absolute atomic E-state index is 9.94. The van der Waals surface area contributed by atoms with Gasteiger partial charge in [-0.2, -0.15) is 0 Å². The average molecular weight is 342 g/mol. The van der Waals surface area contributed by atoms with E-state index in [4.69, 9.17) is 19.3 Å². The van der Waals surface area contributed by atoms with E-state index in [0.29, 0.717) is 0 Å². The molecule has 8 N–H and O–H groups in total. The lowest BCUT2D eigenvalue weighted by atomic mass is 9.97. The number of aliphatic hydroxyl groups is 8. The molecule has 0 aromatic rings. The number of aliphatic hydroxyl groups excluding tert-OH is 8. The highest BCUT2D eigenvalue weighted by atomic mass is 16.7. The second-order valence-electron chi connectivity index (χ2n) is 5.53. The summed E-state index contributed by atoms with van der Waals surface area (Å²) in [7, 11) is 0. The van der Waals surface area contributed by atoms with Crippen molar-refractivity contribution in [2.45, 2.75) is 61.4 Å². The first-order valence-electron chi connectivity index (χ1n) is 7.08. The summed E-state index contributed by atoms with van der Waals surface area (Å²) in [6.45, 7) is -1.35. The summed E-state index contributed by atoms with van der Waals surface area (Å²) in [5, 5.41) is 76.5. The van der Waals surface area contributed by atoms with Crippen molar-refractivity contribution in [2.24, 2.45) is 0 Å². The highest BCUT2D eigenvalue weighted by Crippen LogP contribution is 2.28. The van der Waals surface area contributed by atoms with Gasteiger partial charge < -0.3 is 55.1 Å². The van der Waals surface area contributed by atoms with Crippen LogP contribution >= 0.6 is 0 Å². The minimum Gasteiger partial charge on any atom is -0.394 e. The average Bonchev–Trinajstić information content (AvgIpc) is 2.55. The van der Waals surface area contributed by atoms with E-state index in [1.807, 2.05) is 0 Å². The molecule has 0 aliphatic carbocycles. The van der Waals surface area contributed by atoms with Crippen LogP contribution in [0.15, 0.2) is 0 Å². The van der Waals surface area contributed by atoms with Crippen LogP contribution in [0.5, 0.6) is 0 Å². The maximum Gasteiger partial charge on any atom is 0.187 e. The molecule has 0 unspecified atom stereocenters. The van der Waals surface area contributed by atoms with E-state index in [9.17, 15) is 35.7 Å². The predicted octanol–water partition coefficient (Wildman–Crippen LogP) is -5.40. The fraction of sp³-hybridized carbons (Fsp3) is 1.00. The maximum atomic E-state index is 9.94. The second kappa shape index (κ2) is 7.63. The highest BCUT2D eigenvalue weighted by Gasteiger charge is 2.50. The van der Waals surface area contributed by atoms with Gasteiger partial charge in [0.2, 0.25) is 0 Å². The van der Waals surface area contributed by atoms with Crippen LogP contribution < -0.4 is 0 Å². The summed E-state index contributed by atoms with van der Waals surface area (Å²) in [4.78, 5) is 0. The van der Waals surface area contributed by atoms with E-state index in [1.54, 1.807) is 0 Å². The molecule has 2 saturated heterocycles. The number of ether oxygens (including phenoxy) is 3. The third-order valence-corrected chi connectivity index (χ3v) is 3.98. The lowest BCUT2D eigenvalue weighted by molar-refractivity contribution is -0.355. The fourth-order valence-electron chi connectivity index (χ4n) is 2.57. The van der Waals surface area contributed by atoms with Crippen LogP contribution in [0.1, 0.15) is 0 Å². The standard InChI is InChI=1S/C12H22O11/c13-1-3-5(15)6(16)9(19)12(22-3)23-10-4(2-14)21-11(20)8(18)7(10)17/h3-20H,1-2H2/t3-,4-,5+,6-,7+,8-,9-,10+,11-,12-/m0/s1. The largest absolute Gasteiger partial charge is 0.394 e. The summed E-state index contributed by atoms with van der Waals surface area (Å²) in [5.41, 5.74) is 0. The quantitative estimate of drug-likeness (QED) is 0.243. The summed E-state index contributed by atoms with van der Waals surface area (Å²) in [5.74, 6) is 0. The van der Waals surface area contributed by atoms with Gasteiger partial charge in [0.05, 0.1) is 13.2 Å². The van der Waals surface area contributed by atoms with E-state index in [1.165, 1.54) is 0 Å². The molecule has 136 valence electrons. The second-order valence-corrected chi connectivity index (χ2v) is 5.53. The Kier molecular flexibility index (Phi) is 6.27. The molecule has 2 aliphatic heterocycles. The molecule has 0 radical (unpaired) electrons. The smallest absolute Gasteiger partial charge is 0.187 e. The van der Waals surface area contributed by atoms with Gasteiger partial charge in [0.1, 0.15) is 48.8 Å². The van der Waals surface area contributed by atoms with Crippen LogP contribution in [0.2, 0.25) is 0 Å². The molecular formula is C12H22O11. The van der Waals surface area contributed by atoms with Gasteiger partial charge in [0, 0.05) is 0 Å². The molecule has 0 spiro atoms. The Morgan fingerprint density at radius 1 is 0.652 bits per heavy atom. The van der Waals surface area contributed by atoms with Crippen LogP contribution in [0.25, 0.3) is 0 Å². The van der Waals surface area contributed by atoms with Gasteiger partial charge in [0.15, 0.2) is 12.6 Å². The Hall–Kier alpha value is -0.440. The zero-order valence-corrected chi connectivity index (χ0v) is 12.0. The molecule has 0 aromatic heterocycles. The molecule has 23 heavy (non-hydrogen) atoms. The van der Waals surface area contributed by atoms with Crippen molar-refractivity contribution < 1.29 is 55.1 Å². The highest BCUT2D eigenvalue weighted by molar-refractivity contribution is 4.93. The summed E-state index contributed by atoms with van der Waals surface area (Å²) < 4.78 is 15.3. The molecule has 0 saturated carbocycles. The number of rotatable bonds is 4. The first-order valence-corrected chi connectivity index (χ1v) is 7.08. The van der Waals surface area contributed by atoms with Crippen molar-refractivity contribution in [1.82, 2.24) is 0 Å². The van der Waals surface area contributed by atoms with Crippen molar-refractivity contribution in [1.29, 1.82) is 0 Å². The lowest BCUT2D eigenvalue weighted by Crippen LogP contribution is -2.64. The Morgan fingerprint density at radius 2 is 1.26 bits per heavy atom. The monoisotopic (exact) mass is 342 g/mol. The van der Waals surface area contributed by atoms with Gasteiger partial charge in [-0.05, 0) is 0 Å². The van der Waals surface area contributed by atoms with Crippen LogP contribution in [-0.2, 0) is 14.2 Å². The molecule has 0 aromatic carbocycles. The van der Waals surface area contributed by atoms with Gasteiger partial charge in [0.25, 0.3) is 0 Å². The first-order chi connectivity index (χ1) is 10.8. The van der Waals surface area contributed by atoms with E-state index >= 15 is 0 Å². The van der Waals surface area contributed by atoms with Crippen LogP contribution in [0.3, 0.4) is 0 Å². The van der Waals surface area contributed by atoms with Crippen molar-refractivity contribution in [3.8, 4) is 0 Å². The summed E-state index contributed by atoms with van der Waals surface area (Å²) >= 11 is 0. The Bertz CT molecular complexity index is 378. The third-order valence-electron chi connectivity index (χ3n) is 3.98. The topological polar surface area (TPSA) is 190 Å². The minimum absolute atomic E-state index is 0.667. The molecule has 10 atom stereocenters. The zero-order valence-electron chi connectivity index (χ0n) is 12.0. The van der Waals surface area contributed by atoms with Crippen LogP contribution in [-0.4, -0.2) is 115 Å². The molecule has 2 heterocycles. The molecule has 0 amide bonds. The zero-order chi connectivity index (χ0) is 17.3. The first kappa shape index (κ1) is 18.9. The van der Waals surface area contributed by atoms with Crippen molar-refractivity contribution in [3.63, 3.8) is 0 Å². The Balaban J connectivity index is 2.11. The van der Waals surface area contributed by atoms with Crippen molar-refractivity contribution in [2.75, 3.05) is 13.2 Å². The number of hydrogen-bond acceptors (Lipinski definition) is 11. The predicted molar refractivity (Wildman–Crippen MR) is 68.6 cm³/mol. The normalized spacial score (nSPS) is 51.7. The fourth-order valence-corrected chi connectivity index (χ4v) is 2.57. The molecule has 11 heteroatoms. The van der Waals surface area contributed by atoms with E-state index < -0.39 is 74.6 Å². The third kappa shape index (κ3) is 3.65. The Morgan fingerprint density at radius 3 is 1.83 bits per heavy atom. The molecule has 0 bridgehead atoms. The number of hydrogen-bond donors (Lipinski definition) is 8. The Labute approximate surface area is 130 Å². The molecule has 11 nitrogen and oxygen atoms in total. The van der Waals surface area contributed by atoms with Gasteiger partial charge in [-0.15, -0.1) is 0 Å². The van der Waals surface area contributed by atoms with E-state index in [-0.39, 0.29) is 0 Å². The molecule has 2 rings (SSSR count). The van der Waals surface area contributed by atoms with Crippen molar-refractivity contribution in [3.05, 3.63) is 0 Å². The SMILES string of the molecule is OC[C@@H]1O[C@@H](O[C@H]2[C@H](O)[C@H](O)[C@@H](O)O[C@H]2CO)[C@@H](O)[C@@H](O)[C@@H]1O. The van der Waals surface area contributed by atoms with Crippen LogP contribution in [0, 0.1) is 0 Å². The van der Waals surface area contributed by atoms with Crippen molar-refractivity contribution >= 4 is 0 Å². The van der Waals surface area contributed by atoms with E-state index in [2.05, 4.69) is 0 Å². The molecule has 2 fully saturated rings. The van der Waals surface area contributed by atoms with Gasteiger partial charge in [-0.1, -0.05) is 0 Å². The van der Waals surface area contributed by atoms with E-state index in [0.717, 1.165) is 0 Å².